The van der Waals surface area contributed by atoms with Gasteiger partial charge >= 0.3 is 0 Å². The number of halogens is 1. The molecule has 0 saturated heterocycles. The van der Waals surface area contributed by atoms with E-state index in [2.05, 4.69) is 27.7 Å². The van der Waals surface area contributed by atoms with Crippen LogP contribution in [0.4, 0.5) is 0 Å². The normalized spacial score (nSPS) is 16.2. The van der Waals surface area contributed by atoms with Crippen LogP contribution in [-0.2, 0) is 6.54 Å². The van der Waals surface area contributed by atoms with Gasteiger partial charge in [0.1, 0.15) is 0 Å². The lowest BCUT2D eigenvalue weighted by atomic mass is 9.93. The lowest BCUT2D eigenvalue weighted by molar-refractivity contribution is -0.00569. The molecule has 74 valence electrons. The summed E-state index contributed by atoms with van der Waals surface area (Å²) < 4.78 is 2.87. The largest absolute Gasteiger partial charge is 0.388 e. The number of nitrogens with zero attached hydrogens (tertiary/aromatic N) is 2. The summed E-state index contributed by atoms with van der Waals surface area (Å²) in [4.78, 5) is 0. The smallest absolute Gasteiger partial charge is 0.0837 e. The van der Waals surface area contributed by atoms with Gasteiger partial charge in [0.25, 0.3) is 0 Å². The predicted molar refractivity (Wildman–Crippen MR) is 60.4 cm³/mol. The minimum absolute atomic E-state index is 0.231. The molecule has 0 saturated carbocycles. The second-order valence-corrected chi connectivity index (χ2v) is 5.11. The molecule has 0 spiro atoms. The first-order valence-electron chi connectivity index (χ1n) is 4.32. The van der Waals surface area contributed by atoms with E-state index in [4.69, 9.17) is 0 Å². The minimum Gasteiger partial charge on any atom is -0.388 e. The number of aliphatic hydroxyl groups is 1. The van der Waals surface area contributed by atoms with Gasteiger partial charge in [-0.05, 0) is 35.4 Å². The Bertz CT molecular complexity index is 281. The fourth-order valence-corrected chi connectivity index (χ4v) is 1.38. The van der Waals surface area contributed by atoms with Crippen LogP contribution in [-0.4, -0.2) is 20.5 Å². The van der Waals surface area contributed by atoms with Crippen molar-refractivity contribution < 1.29 is 5.11 Å². The van der Waals surface area contributed by atoms with E-state index in [1.165, 1.54) is 0 Å². The highest BCUT2D eigenvalue weighted by Gasteiger charge is 2.25. The summed E-state index contributed by atoms with van der Waals surface area (Å²) in [6.45, 7) is 6.41. The van der Waals surface area contributed by atoms with Crippen LogP contribution >= 0.6 is 22.6 Å². The Labute approximate surface area is 92.3 Å². The van der Waals surface area contributed by atoms with Gasteiger partial charge in [0, 0.05) is 6.20 Å². The monoisotopic (exact) mass is 294 g/mol. The number of aromatic nitrogens is 2. The molecule has 0 aliphatic rings. The van der Waals surface area contributed by atoms with Gasteiger partial charge < -0.3 is 5.11 Å². The van der Waals surface area contributed by atoms with Crippen LogP contribution in [0.3, 0.4) is 0 Å². The highest BCUT2D eigenvalue weighted by molar-refractivity contribution is 14.1. The molecule has 1 unspecified atom stereocenters. The van der Waals surface area contributed by atoms with Crippen molar-refractivity contribution in [3.8, 4) is 0 Å². The van der Waals surface area contributed by atoms with Gasteiger partial charge in [-0.25, -0.2) is 0 Å². The molecular formula is C9H15IN2O. The summed E-state index contributed by atoms with van der Waals surface area (Å²) in [7, 11) is 0. The summed E-state index contributed by atoms with van der Waals surface area (Å²) in [6.07, 6.45) is 3.72. The molecule has 0 amide bonds. The Morgan fingerprint density at radius 2 is 2.31 bits per heavy atom. The molecule has 0 aromatic carbocycles. The summed E-state index contributed by atoms with van der Waals surface area (Å²) in [6, 6.07) is 0. The molecule has 1 aromatic rings. The maximum absolute atomic E-state index is 9.99. The Morgan fingerprint density at radius 1 is 1.69 bits per heavy atom. The molecule has 1 N–H and O–H groups in total. The summed E-state index contributed by atoms with van der Waals surface area (Å²) in [5.41, 5.74) is -0.685. The molecule has 1 aromatic heterocycles. The quantitative estimate of drug-likeness (QED) is 0.865. The third kappa shape index (κ3) is 2.95. The minimum atomic E-state index is -0.685. The van der Waals surface area contributed by atoms with E-state index in [0.29, 0.717) is 6.54 Å². The Balaban J connectivity index is 2.68. The average molecular weight is 294 g/mol. The lowest BCUT2D eigenvalue weighted by Crippen LogP contribution is -2.36. The van der Waals surface area contributed by atoms with Crippen molar-refractivity contribution in [2.24, 2.45) is 5.92 Å². The third-order valence-corrected chi connectivity index (χ3v) is 2.88. The Morgan fingerprint density at radius 3 is 2.69 bits per heavy atom. The van der Waals surface area contributed by atoms with Crippen LogP contribution in [0.15, 0.2) is 12.4 Å². The van der Waals surface area contributed by atoms with Crippen molar-refractivity contribution in [1.29, 1.82) is 0 Å². The van der Waals surface area contributed by atoms with Crippen molar-refractivity contribution in [2.45, 2.75) is 32.9 Å². The molecule has 0 aliphatic carbocycles. The van der Waals surface area contributed by atoms with Gasteiger partial charge in [0.15, 0.2) is 0 Å². The highest BCUT2D eigenvalue weighted by Crippen LogP contribution is 2.18. The van der Waals surface area contributed by atoms with E-state index in [1.54, 1.807) is 10.9 Å². The third-order valence-electron chi connectivity index (χ3n) is 2.33. The van der Waals surface area contributed by atoms with E-state index >= 15 is 0 Å². The molecule has 0 bridgehead atoms. The lowest BCUT2D eigenvalue weighted by Gasteiger charge is -2.27. The van der Waals surface area contributed by atoms with Crippen LogP contribution in [0, 0.1) is 9.49 Å². The molecule has 1 rings (SSSR count). The van der Waals surface area contributed by atoms with Crippen LogP contribution in [0.5, 0.6) is 0 Å². The van der Waals surface area contributed by atoms with Crippen LogP contribution < -0.4 is 0 Å². The van der Waals surface area contributed by atoms with Crippen molar-refractivity contribution >= 4 is 22.6 Å². The molecule has 0 fully saturated rings. The van der Waals surface area contributed by atoms with Gasteiger partial charge in [0.2, 0.25) is 0 Å². The summed E-state index contributed by atoms with van der Waals surface area (Å²) in [5.74, 6) is 0.231. The standard InChI is InChI=1S/C9H15IN2O/c1-7(2)9(3,13)6-12-5-8(10)4-11-12/h4-5,7,13H,6H2,1-3H3. The van der Waals surface area contributed by atoms with E-state index in [-0.39, 0.29) is 5.92 Å². The van der Waals surface area contributed by atoms with Crippen molar-refractivity contribution in [3.63, 3.8) is 0 Å². The van der Waals surface area contributed by atoms with Gasteiger partial charge in [-0.3, -0.25) is 4.68 Å². The first-order chi connectivity index (χ1) is 5.92. The van der Waals surface area contributed by atoms with E-state index < -0.39 is 5.60 Å². The number of hydrogen-bond donors (Lipinski definition) is 1. The van der Waals surface area contributed by atoms with E-state index in [1.807, 2.05) is 27.0 Å². The van der Waals surface area contributed by atoms with Gasteiger partial charge in [-0.2, -0.15) is 5.10 Å². The summed E-state index contributed by atoms with van der Waals surface area (Å²) in [5, 5.41) is 14.1. The van der Waals surface area contributed by atoms with Crippen molar-refractivity contribution in [2.75, 3.05) is 0 Å². The highest BCUT2D eigenvalue weighted by atomic mass is 127. The summed E-state index contributed by atoms with van der Waals surface area (Å²) >= 11 is 2.20. The van der Waals surface area contributed by atoms with Crippen molar-refractivity contribution in [3.05, 3.63) is 16.0 Å². The Hall–Kier alpha value is -0.100. The topological polar surface area (TPSA) is 38.0 Å². The van der Waals surface area contributed by atoms with E-state index in [0.717, 1.165) is 3.57 Å². The first kappa shape index (κ1) is 11.0. The number of hydrogen-bond acceptors (Lipinski definition) is 2. The maximum Gasteiger partial charge on any atom is 0.0837 e. The second-order valence-electron chi connectivity index (χ2n) is 3.87. The SMILES string of the molecule is CC(C)C(C)(O)Cn1cc(I)cn1. The van der Waals surface area contributed by atoms with Crippen LogP contribution in [0.25, 0.3) is 0 Å². The van der Waals surface area contributed by atoms with E-state index in [9.17, 15) is 5.11 Å². The van der Waals surface area contributed by atoms with Gasteiger partial charge in [-0.15, -0.1) is 0 Å². The molecule has 1 atom stereocenters. The predicted octanol–water partition coefficient (Wildman–Crippen LogP) is 1.89. The molecule has 0 aliphatic heterocycles. The zero-order valence-electron chi connectivity index (χ0n) is 8.16. The fraction of sp³-hybridized carbons (Fsp3) is 0.667. The van der Waals surface area contributed by atoms with Gasteiger partial charge in [-0.1, -0.05) is 13.8 Å². The molecule has 4 heteroatoms. The molecule has 3 nitrogen and oxygen atoms in total. The van der Waals surface area contributed by atoms with Crippen LogP contribution in [0.2, 0.25) is 0 Å². The van der Waals surface area contributed by atoms with Crippen molar-refractivity contribution in [1.82, 2.24) is 9.78 Å². The fourth-order valence-electron chi connectivity index (χ4n) is 0.935. The first-order valence-corrected chi connectivity index (χ1v) is 5.40. The van der Waals surface area contributed by atoms with Crippen LogP contribution in [0.1, 0.15) is 20.8 Å². The molecule has 0 radical (unpaired) electrons. The number of rotatable bonds is 3. The average Bonchev–Trinajstić information content (AvgIpc) is 2.34. The zero-order chi connectivity index (χ0) is 10.1. The maximum atomic E-state index is 9.99. The second kappa shape index (κ2) is 3.96. The zero-order valence-corrected chi connectivity index (χ0v) is 10.3. The molecular weight excluding hydrogens is 279 g/mol. The molecule has 13 heavy (non-hydrogen) atoms. The molecule has 1 heterocycles. The van der Waals surface area contributed by atoms with Gasteiger partial charge in [0.05, 0.1) is 21.9 Å². The Kier molecular flexibility index (Phi) is 3.34.